The van der Waals surface area contributed by atoms with Crippen LogP contribution in [-0.2, 0) is 9.53 Å². The van der Waals surface area contributed by atoms with Crippen LogP contribution in [0.2, 0.25) is 5.82 Å². The van der Waals surface area contributed by atoms with Crippen LogP contribution in [0.15, 0.2) is 17.9 Å². The van der Waals surface area contributed by atoms with E-state index in [4.69, 9.17) is 4.74 Å². The molecular formula is C18H20BBrO3. The number of alkyl halides is 1. The molecule has 5 heteroatoms. The number of aliphatic hydroxyl groups is 1. The lowest BCUT2D eigenvalue weighted by atomic mass is 9.67. The topological polar surface area (TPSA) is 46.5 Å². The number of aliphatic hydroxyl groups excluding tert-OH is 1. The number of ether oxygens (including phenoxy) is 1. The number of fused-ring (bicyclic) bond motifs is 5. The second-order valence-corrected chi connectivity index (χ2v) is 8.38. The first-order chi connectivity index (χ1) is 10.8. The number of benzene rings is 1. The summed E-state index contributed by atoms with van der Waals surface area (Å²) in [7, 11) is 2.12. The maximum Gasteiger partial charge on any atom is 0.173 e. The standard InChI is InChI=1S/C18H20BBrO3/c1-6-4-7(2)9(8(3)5-6)10-15(21)11-12(16(10)22)18-14(20)13(19)17(11)23-18/h4-5,11-14,17-18,22H,19H2,1-3H3/t11-,12+,13+,14+,17+,18-/m0/s1. The zero-order chi connectivity index (χ0) is 16.6. The summed E-state index contributed by atoms with van der Waals surface area (Å²) in [5.74, 6) is 0.167. The van der Waals surface area contributed by atoms with Crippen molar-refractivity contribution in [2.24, 2.45) is 11.8 Å². The number of ketones is 1. The molecule has 1 aliphatic carbocycles. The molecule has 2 bridgehead atoms. The fourth-order valence-electron chi connectivity index (χ4n) is 4.89. The highest BCUT2D eigenvalue weighted by atomic mass is 79.9. The van der Waals surface area contributed by atoms with Gasteiger partial charge < -0.3 is 9.84 Å². The van der Waals surface area contributed by atoms with Gasteiger partial charge in [-0.2, -0.15) is 0 Å². The molecule has 0 radical (unpaired) electrons. The van der Waals surface area contributed by atoms with Crippen molar-refractivity contribution in [2.45, 2.75) is 43.6 Å². The Morgan fingerprint density at radius 2 is 1.74 bits per heavy atom. The maximum atomic E-state index is 13.1. The van der Waals surface area contributed by atoms with Gasteiger partial charge in [-0.25, -0.2) is 0 Å². The SMILES string of the molecule is B[C@@H]1[C@@H](Br)[C@H]2O[C@@H]1[C@@H]1C(=O)C(c3c(C)cc(C)cc3C)=C(O)[C@H]21. The fraction of sp³-hybridized carbons (Fsp3) is 0.500. The summed E-state index contributed by atoms with van der Waals surface area (Å²) in [5, 5.41) is 10.9. The maximum absolute atomic E-state index is 13.1. The number of carbonyl (C=O) groups excluding carboxylic acids is 1. The number of halogens is 1. The van der Waals surface area contributed by atoms with E-state index in [2.05, 4.69) is 42.8 Å². The van der Waals surface area contributed by atoms with Crippen LogP contribution < -0.4 is 0 Å². The normalized spacial score (nSPS) is 38.5. The Bertz CT molecular complexity index is 734. The van der Waals surface area contributed by atoms with Gasteiger partial charge >= 0.3 is 0 Å². The van der Waals surface area contributed by atoms with E-state index in [1.54, 1.807) is 0 Å². The van der Waals surface area contributed by atoms with Crippen molar-refractivity contribution in [3.05, 3.63) is 40.1 Å². The average Bonchev–Trinajstić information content (AvgIpc) is 3.06. The highest BCUT2D eigenvalue weighted by Crippen LogP contribution is 2.58. The first-order valence-corrected chi connectivity index (χ1v) is 9.09. The lowest BCUT2D eigenvalue weighted by molar-refractivity contribution is -0.118. The van der Waals surface area contributed by atoms with E-state index >= 15 is 0 Å². The van der Waals surface area contributed by atoms with E-state index in [1.807, 2.05) is 13.8 Å². The van der Waals surface area contributed by atoms with Crippen molar-refractivity contribution in [1.29, 1.82) is 0 Å². The first kappa shape index (κ1) is 15.5. The highest BCUT2D eigenvalue weighted by molar-refractivity contribution is 9.09. The molecule has 0 amide bonds. The molecule has 3 nitrogen and oxygen atoms in total. The van der Waals surface area contributed by atoms with E-state index in [0.29, 0.717) is 5.57 Å². The second kappa shape index (κ2) is 4.96. The average molecular weight is 375 g/mol. The van der Waals surface area contributed by atoms with Gasteiger partial charge in [-0.05, 0) is 43.3 Å². The Hall–Kier alpha value is -1.07. The molecule has 4 rings (SSSR count). The van der Waals surface area contributed by atoms with E-state index in [9.17, 15) is 9.90 Å². The quantitative estimate of drug-likeness (QED) is 0.607. The predicted octanol–water partition coefficient (Wildman–Crippen LogP) is 2.66. The molecular weight excluding hydrogens is 355 g/mol. The van der Waals surface area contributed by atoms with Gasteiger partial charge in [0.2, 0.25) is 0 Å². The molecule has 23 heavy (non-hydrogen) atoms. The third-order valence-corrected chi connectivity index (χ3v) is 7.15. The van der Waals surface area contributed by atoms with Gasteiger partial charge in [0.05, 0.1) is 29.6 Å². The highest BCUT2D eigenvalue weighted by Gasteiger charge is 2.64. The molecule has 0 saturated carbocycles. The summed E-state index contributed by atoms with van der Waals surface area (Å²) in [6, 6.07) is 4.15. The molecule has 1 aromatic carbocycles. The van der Waals surface area contributed by atoms with Gasteiger partial charge in [-0.1, -0.05) is 33.6 Å². The first-order valence-electron chi connectivity index (χ1n) is 8.18. The lowest BCUT2D eigenvalue weighted by Gasteiger charge is -2.28. The second-order valence-electron chi connectivity index (χ2n) is 7.32. The number of hydrogen-bond donors (Lipinski definition) is 1. The summed E-state index contributed by atoms with van der Waals surface area (Å²) in [6.45, 7) is 6.07. The Morgan fingerprint density at radius 3 is 2.35 bits per heavy atom. The van der Waals surface area contributed by atoms with Crippen molar-refractivity contribution in [3.63, 3.8) is 0 Å². The van der Waals surface area contributed by atoms with Gasteiger partial charge in [0, 0.05) is 4.83 Å². The molecule has 3 aliphatic rings. The summed E-state index contributed by atoms with van der Waals surface area (Å²) in [6.07, 6.45) is -0.194. The predicted molar refractivity (Wildman–Crippen MR) is 95.9 cm³/mol. The zero-order valence-corrected chi connectivity index (χ0v) is 15.3. The Balaban J connectivity index is 1.86. The molecule has 1 aromatic rings. The number of hydrogen-bond acceptors (Lipinski definition) is 3. The van der Waals surface area contributed by atoms with Crippen molar-refractivity contribution in [2.75, 3.05) is 0 Å². The number of aryl methyl sites for hydroxylation is 3. The van der Waals surface area contributed by atoms with Crippen LogP contribution in [0.25, 0.3) is 5.57 Å². The fourth-order valence-corrected chi connectivity index (χ4v) is 5.64. The molecule has 0 unspecified atom stereocenters. The van der Waals surface area contributed by atoms with E-state index in [-0.39, 0.29) is 46.2 Å². The Labute approximate surface area is 145 Å². The molecule has 6 atom stereocenters. The Kier molecular flexibility index (Phi) is 3.34. The summed E-state index contributed by atoms with van der Waals surface area (Å²) in [5.41, 5.74) is 4.71. The van der Waals surface area contributed by atoms with Crippen molar-refractivity contribution in [1.82, 2.24) is 0 Å². The van der Waals surface area contributed by atoms with Gasteiger partial charge in [-0.15, -0.1) is 0 Å². The third-order valence-electron chi connectivity index (χ3n) is 5.79. The Morgan fingerprint density at radius 1 is 1.13 bits per heavy atom. The number of carbonyl (C=O) groups is 1. The molecule has 120 valence electrons. The van der Waals surface area contributed by atoms with E-state index in [0.717, 1.165) is 16.7 Å². The third kappa shape index (κ3) is 1.90. The lowest BCUT2D eigenvalue weighted by Crippen LogP contribution is -2.38. The van der Waals surface area contributed by atoms with Crippen LogP contribution >= 0.6 is 15.9 Å². The molecule has 0 spiro atoms. The van der Waals surface area contributed by atoms with Crippen LogP contribution in [0.4, 0.5) is 0 Å². The van der Waals surface area contributed by atoms with Crippen molar-refractivity contribution in [3.8, 4) is 0 Å². The summed E-state index contributed by atoms with van der Waals surface area (Å²) < 4.78 is 6.01. The van der Waals surface area contributed by atoms with Gasteiger partial charge in [-0.3, -0.25) is 4.79 Å². The smallest absolute Gasteiger partial charge is 0.173 e. The minimum absolute atomic E-state index is 0.0568. The van der Waals surface area contributed by atoms with Crippen LogP contribution in [0, 0.1) is 32.6 Å². The largest absolute Gasteiger partial charge is 0.511 e. The molecule has 0 aromatic heterocycles. The molecule has 1 N–H and O–H groups in total. The van der Waals surface area contributed by atoms with Gasteiger partial charge in [0.1, 0.15) is 13.6 Å². The van der Waals surface area contributed by atoms with Crippen molar-refractivity contribution >= 4 is 35.1 Å². The van der Waals surface area contributed by atoms with E-state index in [1.165, 1.54) is 5.56 Å². The van der Waals surface area contributed by atoms with Crippen LogP contribution in [0.5, 0.6) is 0 Å². The summed E-state index contributed by atoms with van der Waals surface area (Å²) >= 11 is 3.69. The zero-order valence-electron chi connectivity index (χ0n) is 13.8. The van der Waals surface area contributed by atoms with Gasteiger partial charge in [0.15, 0.2) is 5.78 Å². The molecule has 2 aliphatic heterocycles. The summed E-state index contributed by atoms with van der Waals surface area (Å²) in [4.78, 5) is 13.3. The number of rotatable bonds is 1. The van der Waals surface area contributed by atoms with Crippen LogP contribution in [0.3, 0.4) is 0 Å². The van der Waals surface area contributed by atoms with E-state index < -0.39 is 0 Å². The van der Waals surface area contributed by atoms with Crippen molar-refractivity contribution < 1.29 is 14.6 Å². The van der Waals surface area contributed by atoms with Crippen LogP contribution in [0.1, 0.15) is 22.3 Å². The number of allylic oxidation sites excluding steroid dienone is 1. The minimum Gasteiger partial charge on any atom is -0.511 e. The van der Waals surface area contributed by atoms with Crippen LogP contribution in [-0.4, -0.2) is 35.8 Å². The number of Topliss-reactive ketones (excluding diaryl/α,β-unsaturated/α-hetero) is 1. The minimum atomic E-state index is -0.223. The molecule has 2 heterocycles. The molecule has 2 fully saturated rings. The monoisotopic (exact) mass is 374 g/mol. The van der Waals surface area contributed by atoms with Gasteiger partial charge in [0.25, 0.3) is 0 Å². The molecule has 2 saturated heterocycles.